The number of carbonyl (C=O) groups is 2. The molecule has 1 fully saturated rings. The molecular weight excluding hydrogens is 320 g/mol. The molecule has 2 N–H and O–H groups in total. The highest BCUT2D eigenvalue weighted by Crippen LogP contribution is 2.23. The normalized spacial score (nSPS) is 14.1. The fraction of sp³-hybridized carbons (Fsp3) is 0.263. The number of benzene rings is 1. The maximum atomic E-state index is 12.1. The fourth-order valence-corrected chi connectivity index (χ4v) is 3.41. The third kappa shape index (κ3) is 4.55. The number of hydrogen-bond donors (Lipinski definition) is 2. The highest BCUT2D eigenvalue weighted by atomic mass is 32.1. The van der Waals surface area contributed by atoms with Crippen LogP contribution in [0.1, 0.15) is 41.8 Å². The van der Waals surface area contributed by atoms with Gasteiger partial charge >= 0.3 is 0 Å². The Morgan fingerprint density at radius 2 is 1.71 bits per heavy atom. The van der Waals surface area contributed by atoms with E-state index in [2.05, 4.69) is 10.6 Å². The fourth-order valence-electron chi connectivity index (χ4n) is 2.79. The molecule has 3 rings (SSSR count). The van der Waals surface area contributed by atoms with Gasteiger partial charge in [-0.1, -0.05) is 24.1 Å². The van der Waals surface area contributed by atoms with Gasteiger partial charge in [0.25, 0.3) is 5.91 Å². The van der Waals surface area contributed by atoms with Crippen molar-refractivity contribution in [1.82, 2.24) is 0 Å². The van der Waals surface area contributed by atoms with E-state index in [0.29, 0.717) is 16.3 Å². The minimum absolute atomic E-state index is 0.103. The van der Waals surface area contributed by atoms with Crippen LogP contribution in [0.3, 0.4) is 0 Å². The number of rotatable bonds is 4. The molecule has 4 nitrogen and oxygen atoms in total. The summed E-state index contributed by atoms with van der Waals surface area (Å²) in [6.07, 6.45) is 7.35. The molecule has 1 aliphatic carbocycles. The zero-order chi connectivity index (χ0) is 16.8. The standard InChI is InChI=1S/C19H20N2O2S/c22-18(12-14-6-2-1-3-7-14)20-15-8-4-9-16(13-15)21-19(23)17-10-5-11-24-17/h4-5,8-13H,1-3,6-7H2,(H,20,22)(H,21,23). The van der Waals surface area contributed by atoms with Crippen molar-refractivity contribution in [1.29, 1.82) is 0 Å². The van der Waals surface area contributed by atoms with Crippen LogP contribution in [-0.4, -0.2) is 11.8 Å². The van der Waals surface area contributed by atoms with Crippen molar-refractivity contribution in [3.8, 4) is 0 Å². The maximum Gasteiger partial charge on any atom is 0.265 e. The van der Waals surface area contributed by atoms with Crippen molar-refractivity contribution in [2.24, 2.45) is 0 Å². The van der Waals surface area contributed by atoms with Gasteiger partial charge in [0.05, 0.1) is 4.88 Å². The molecule has 0 radical (unpaired) electrons. The Balaban J connectivity index is 1.62. The SMILES string of the molecule is O=C(C=C1CCCCC1)Nc1cccc(NC(=O)c2cccs2)c1. The summed E-state index contributed by atoms with van der Waals surface area (Å²) in [5, 5.41) is 7.58. The van der Waals surface area contributed by atoms with Crippen molar-refractivity contribution in [3.05, 3.63) is 58.3 Å². The Morgan fingerprint density at radius 1 is 0.958 bits per heavy atom. The van der Waals surface area contributed by atoms with E-state index in [-0.39, 0.29) is 11.8 Å². The summed E-state index contributed by atoms with van der Waals surface area (Å²) < 4.78 is 0. The first kappa shape index (κ1) is 16.5. The number of thiophene rings is 1. The third-order valence-electron chi connectivity index (χ3n) is 3.96. The van der Waals surface area contributed by atoms with Crippen LogP contribution in [0.25, 0.3) is 0 Å². The lowest BCUT2D eigenvalue weighted by Crippen LogP contribution is -2.12. The molecule has 0 atom stereocenters. The second-order valence-corrected chi connectivity index (χ2v) is 6.81. The van der Waals surface area contributed by atoms with Crippen molar-refractivity contribution in [3.63, 3.8) is 0 Å². The summed E-state index contributed by atoms with van der Waals surface area (Å²) in [6.45, 7) is 0. The van der Waals surface area contributed by atoms with Gasteiger partial charge in [-0.2, -0.15) is 0 Å². The molecule has 1 aromatic heterocycles. The molecule has 1 heterocycles. The molecule has 1 saturated carbocycles. The lowest BCUT2D eigenvalue weighted by Gasteiger charge is -2.13. The highest BCUT2D eigenvalue weighted by molar-refractivity contribution is 7.12. The summed E-state index contributed by atoms with van der Waals surface area (Å²) >= 11 is 1.39. The Kier molecular flexibility index (Phi) is 5.43. The van der Waals surface area contributed by atoms with Gasteiger partial charge in [-0.25, -0.2) is 0 Å². The van der Waals surface area contributed by atoms with Gasteiger partial charge in [-0.3, -0.25) is 9.59 Å². The van der Waals surface area contributed by atoms with Gasteiger partial charge in [0.1, 0.15) is 0 Å². The van der Waals surface area contributed by atoms with Gasteiger partial charge in [0, 0.05) is 17.5 Å². The molecule has 0 unspecified atom stereocenters. The van der Waals surface area contributed by atoms with E-state index >= 15 is 0 Å². The van der Waals surface area contributed by atoms with Crippen LogP contribution in [0.4, 0.5) is 11.4 Å². The Labute approximate surface area is 145 Å². The molecule has 0 spiro atoms. The smallest absolute Gasteiger partial charge is 0.265 e. The average Bonchev–Trinajstić information content (AvgIpc) is 3.10. The summed E-state index contributed by atoms with van der Waals surface area (Å²) in [5.41, 5.74) is 2.56. The monoisotopic (exact) mass is 340 g/mol. The predicted molar refractivity (Wildman–Crippen MR) is 98.5 cm³/mol. The lowest BCUT2D eigenvalue weighted by molar-refractivity contribution is -0.112. The Bertz CT molecular complexity index is 742. The zero-order valence-corrected chi connectivity index (χ0v) is 14.2. The topological polar surface area (TPSA) is 58.2 Å². The summed E-state index contributed by atoms with van der Waals surface area (Å²) in [7, 11) is 0. The minimum atomic E-state index is -0.141. The molecule has 2 aromatic rings. The van der Waals surface area contributed by atoms with Gasteiger partial charge in [-0.15, -0.1) is 11.3 Å². The molecule has 0 aliphatic heterocycles. The molecule has 0 bridgehead atoms. The maximum absolute atomic E-state index is 12.1. The lowest BCUT2D eigenvalue weighted by atomic mass is 9.94. The van der Waals surface area contributed by atoms with E-state index in [1.54, 1.807) is 24.3 Å². The summed E-state index contributed by atoms with van der Waals surface area (Å²) in [4.78, 5) is 24.9. The van der Waals surface area contributed by atoms with Crippen LogP contribution >= 0.6 is 11.3 Å². The van der Waals surface area contributed by atoms with Gasteiger partial charge in [0.15, 0.2) is 0 Å². The molecule has 0 saturated heterocycles. The molecule has 1 aromatic carbocycles. The number of amides is 2. The van der Waals surface area contributed by atoms with Gasteiger partial charge in [-0.05, 0) is 55.3 Å². The van der Waals surface area contributed by atoms with Crippen LogP contribution in [-0.2, 0) is 4.79 Å². The van der Waals surface area contributed by atoms with Crippen LogP contribution < -0.4 is 10.6 Å². The first-order valence-electron chi connectivity index (χ1n) is 8.16. The Hall–Kier alpha value is -2.40. The van der Waals surface area contributed by atoms with Crippen molar-refractivity contribution in [2.45, 2.75) is 32.1 Å². The van der Waals surface area contributed by atoms with E-state index in [1.165, 1.54) is 36.2 Å². The number of carbonyl (C=O) groups excluding carboxylic acids is 2. The summed E-state index contributed by atoms with van der Waals surface area (Å²) in [5.74, 6) is -0.244. The largest absolute Gasteiger partial charge is 0.322 e. The van der Waals surface area contributed by atoms with E-state index in [9.17, 15) is 9.59 Å². The van der Waals surface area contributed by atoms with E-state index in [1.807, 2.05) is 23.6 Å². The third-order valence-corrected chi connectivity index (χ3v) is 4.83. The number of anilines is 2. The van der Waals surface area contributed by atoms with Crippen LogP contribution in [0.5, 0.6) is 0 Å². The second-order valence-electron chi connectivity index (χ2n) is 5.86. The molecule has 124 valence electrons. The van der Waals surface area contributed by atoms with Gasteiger partial charge in [0.2, 0.25) is 5.91 Å². The van der Waals surface area contributed by atoms with E-state index in [0.717, 1.165) is 12.8 Å². The Morgan fingerprint density at radius 3 is 2.42 bits per heavy atom. The van der Waals surface area contributed by atoms with Crippen molar-refractivity contribution < 1.29 is 9.59 Å². The van der Waals surface area contributed by atoms with E-state index < -0.39 is 0 Å². The quantitative estimate of drug-likeness (QED) is 0.783. The first-order valence-corrected chi connectivity index (χ1v) is 9.04. The van der Waals surface area contributed by atoms with Crippen molar-refractivity contribution in [2.75, 3.05) is 10.6 Å². The summed E-state index contributed by atoms with van der Waals surface area (Å²) in [6, 6.07) is 10.8. The predicted octanol–water partition coefficient (Wildman–Crippen LogP) is 4.83. The van der Waals surface area contributed by atoms with Crippen LogP contribution in [0.2, 0.25) is 0 Å². The average molecular weight is 340 g/mol. The molecular formula is C19H20N2O2S. The minimum Gasteiger partial charge on any atom is -0.322 e. The van der Waals surface area contributed by atoms with Gasteiger partial charge < -0.3 is 10.6 Å². The molecule has 24 heavy (non-hydrogen) atoms. The number of nitrogens with one attached hydrogen (secondary N) is 2. The van der Waals surface area contributed by atoms with Crippen molar-refractivity contribution >= 4 is 34.5 Å². The highest BCUT2D eigenvalue weighted by Gasteiger charge is 2.09. The molecule has 2 amide bonds. The second kappa shape index (κ2) is 7.93. The number of hydrogen-bond acceptors (Lipinski definition) is 3. The zero-order valence-electron chi connectivity index (χ0n) is 13.4. The molecule has 1 aliphatic rings. The van der Waals surface area contributed by atoms with Crippen LogP contribution in [0.15, 0.2) is 53.4 Å². The number of allylic oxidation sites excluding steroid dienone is 1. The molecule has 5 heteroatoms. The van der Waals surface area contributed by atoms with Crippen LogP contribution in [0, 0.1) is 0 Å². The first-order chi connectivity index (χ1) is 11.7. The van der Waals surface area contributed by atoms with E-state index in [4.69, 9.17) is 0 Å².